The molecule has 1 aromatic heterocycles. The number of carbonyl (C=O) groups excluding carboxylic acids is 1. The molecule has 0 spiro atoms. The maximum absolute atomic E-state index is 11.1. The Balaban J connectivity index is 2.24. The number of benzene rings is 1. The zero-order valence-electron chi connectivity index (χ0n) is 11.1. The van der Waals surface area contributed by atoms with Crippen LogP contribution in [0.4, 0.5) is 5.69 Å². The second-order valence-corrected chi connectivity index (χ2v) is 4.76. The molecule has 6 nitrogen and oxygen atoms in total. The maximum Gasteiger partial charge on any atom is 0.221 e. The number of anilines is 1. The lowest BCUT2D eigenvalue weighted by Crippen LogP contribution is -2.07. The number of rotatable bonds is 4. The van der Waals surface area contributed by atoms with Crippen LogP contribution in [0.5, 0.6) is 0 Å². The fraction of sp³-hybridized carbons (Fsp3) is 0.231. The Morgan fingerprint density at radius 1 is 1.50 bits per heavy atom. The fourth-order valence-electron chi connectivity index (χ4n) is 1.52. The molecule has 0 unspecified atom stereocenters. The van der Waals surface area contributed by atoms with E-state index in [2.05, 4.69) is 32.7 Å². The van der Waals surface area contributed by atoms with Gasteiger partial charge in [0.25, 0.3) is 0 Å². The lowest BCUT2D eigenvalue weighted by Gasteiger charge is -2.06. The van der Waals surface area contributed by atoms with Gasteiger partial charge in [-0.3, -0.25) is 4.79 Å². The Kier molecular flexibility index (Phi) is 4.74. The van der Waals surface area contributed by atoms with Gasteiger partial charge in [-0.25, -0.2) is 0 Å². The summed E-state index contributed by atoms with van der Waals surface area (Å²) < 4.78 is 1.62. The number of hydrogen-bond donors (Lipinski definition) is 1. The van der Waals surface area contributed by atoms with Crippen molar-refractivity contribution in [3.8, 4) is 17.5 Å². The highest BCUT2D eigenvalue weighted by atomic mass is 32.2. The molecule has 2 rings (SSSR count). The molecule has 1 amide bonds. The van der Waals surface area contributed by atoms with Crippen LogP contribution in [0, 0.1) is 11.8 Å². The first kappa shape index (κ1) is 14.1. The van der Waals surface area contributed by atoms with Crippen molar-refractivity contribution in [3.05, 3.63) is 24.3 Å². The molecule has 0 saturated carbocycles. The van der Waals surface area contributed by atoms with Crippen LogP contribution in [-0.4, -0.2) is 31.9 Å². The van der Waals surface area contributed by atoms with Gasteiger partial charge in [0.1, 0.15) is 0 Å². The molecule has 2 aromatic rings. The van der Waals surface area contributed by atoms with Crippen molar-refractivity contribution in [2.24, 2.45) is 0 Å². The highest BCUT2D eigenvalue weighted by molar-refractivity contribution is 7.99. The topological polar surface area (TPSA) is 72.7 Å². The van der Waals surface area contributed by atoms with Gasteiger partial charge >= 0.3 is 0 Å². The molecule has 0 aliphatic rings. The van der Waals surface area contributed by atoms with Gasteiger partial charge in [-0.15, -0.1) is 11.0 Å². The fourth-order valence-corrected chi connectivity index (χ4v) is 2.23. The van der Waals surface area contributed by atoms with Crippen LogP contribution in [0.1, 0.15) is 13.8 Å². The van der Waals surface area contributed by atoms with Crippen molar-refractivity contribution in [1.29, 1.82) is 0 Å². The Hall–Kier alpha value is -2.33. The average molecular weight is 287 g/mol. The molecule has 0 bridgehead atoms. The molecular weight excluding hydrogens is 274 g/mol. The summed E-state index contributed by atoms with van der Waals surface area (Å²) in [6.07, 6.45) is 0. The van der Waals surface area contributed by atoms with Crippen LogP contribution in [0.25, 0.3) is 5.69 Å². The summed E-state index contributed by atoms with van der Waals surface area (Å²) in [5.41, 5.74) is 1.49. The summed E-state index contributed by atoms with van der Waals surface area (Å²) in [5.74, 6) is 6.28. The van der Waals surface area contributed by atoms with E-state index in [9.17, 15) is 4.79 Å². The quantitative estimate of drug-likeness (QED) is 0.685. The molecule has 0 aliphatic heterocycles. The van der Waals surface area contributed by atoms with Crippen molar-refractivity contribution in [3.63, 3.8) is 0 Å². The number of amides is 1. The van der Waals surface area contributed by atoms with Crippen LogP contribution in [-0.2, 0) is 4.79 Å². The largest absolute Gasteiger partial charge is 0.326 e. The summed E-state index contributed by atoms with van der Waals surface area (Å²) >= 11 is 1.46. The van der Waals surface area contributed by atoms with Gasteiger partial charge in [0.15, 0.2) is 0 Å². The monoisotopic (exact) mass is 287 g/mol. The van der Waals surface area contributed by atoms with Crippen molar-refractivity contribution in [2.75, 3.05) is 11.1 Å². The van der Waals surface area contributed by atoms with Crippen molar-refractivity contribution >= 4 is 23.4 Å². The van der Waals surface area contributed by atoms with Gasteiger partial charge in [0, 0.05) is 12.6 Å². The number of aromatic nitrogens is 4. The number of tetrazole rings is 1. The van der Waals surface area contributed by atoms with E-state index in [0.29, 0.717) is 16.6 Å². The minimum absolute atomic E-state index is 0.119. The highest BCUT2D eigenvalue weighted by Crippen LogP contribution is 2.20. The number of nitrogens with one attached hydrogen (secondary N) is 1. The van der Waals surface area contributed by atoms with Crippen LogP contribution < -0.4 is 5.32 Å². The molecule has 0 fully saturated rings. The minimum Gasteiger partial charge on any atom is -0.326 e. The third-order valence-corrected chi connectivity index (χ3v) is 3.10. The second-order valence-electron chi connectivity index (χ2n) is 3.82. The van der Waals surface area contributed by atoms with Crippen LogP contribution in [0.15, 0.2) is 29.4 Å². The predicted octanol–water partition coefficient (Wildman–Crippen LogP) is 1.74. The van der Waals surface area contributed by atoms with E-state index in [-0.39, 0.29) is 5.91 Å². The number of nitrogens with zero attached hydrogens (tertiary/aromatic N) is 4. The van der Waals surface area contributed by atoms with Gasteiger partial charge in [-0.05, 0) is 35.5 Å². The molecule has 20 heavy (non-hydrogen) atoms. The molecular formula is C13H13N5OS. The standard InChI is InChI=1S/C13H13N5OS/c1-3-4-8-20-13-15-16-17-18(13)12-7-5-6-11(9-12)14-10(2)19/h5-7,9H,8H2,1-2H3,(H,14,19). The zero-order chi connectivity index (χ0) is 14.4. The third kappa shape index (κ3) is 3.59. The SMILES string of the molecule is CC#CCSc1nnnn1-c1cccc(NC(C)=O)c1. The van der Waals surface area contributed by atoms with Gasteiger partial charge in [-0.2, -0.15) is 4.68 Å². The predicted molar refractivity (Wildman–Crippen MR) is 77.6 cm³/mol. The molecule has 1 heterocycles. The number of carbonyl (C=O) groups is 1. The smallest absolute Gasteiger partial charge is 0.221 e. The Labute approximate surface area is 120 Å². The van der Waals surface area contributed by atoms with E-state index < -0.39 is 0 Å². The Bertz CT molecular complexity index is 671. The van der Waals surface area contributed by atoms with Crippen molar-refractivity contribution in [1.82, 2.24) is 20.2 Å². The van der Waals surface area contributed by atoms with Crippen LogP contribution in [0.2, 0.25) is 0 Å². The normalized spacial score (nSPS) is 9.70. The molecule has 0 aliphatic carbocycles. The van der Waals surface area contributed by atoms with E-state index in [0.717, 1.165) is 5.69 Å². The number of hydrogen-bond acceptors (Lipinski definition) is 5. The third-order valence-electron chi connectivity index (χ3n) is 2.30. The van der Waals surface area contributed by atoms with Gasteiger partial charge < -0.3 is 5.32 Å². The van der Waals surface area contributed by atoms with E-state index >= 15 is 0 Å². The second kappa shape index (κ2) is 6.73. The maximum atomic E-state index is 11.1. The Morgan fingerprint density at radius 3 is 3.10 bits per heavy atom. The van der Waals surface area contributed by atoms with E-state index in [4.69, 9.17) is 0 Å². The zero-order valence-corrected chi connectivity index (χ0v) is 11.9. The summed E-state index contributed by atoms with van der Waals surface area (Å²) in [6, 6.07) is 7.33. The summed E-state index contributed by atoms with van der Waals surface area (Å²) in [6.45, 7) is 3.26. The lowest BCUT2D eigenvalue weighted by molar-refractivity contribution is -0.114. The molecule has 0 radical (unpaired) electrons. The molecule has 0 atom stereocenters. The number of thioether (sulfide) groups is 1. The Morgan fingerprint density at radius 2 is 2.35 bits per heavy atom. The van der Waals surface area contributed by atoms with E-state index in [1.165, 1.54) is 18.7 Å². The van der Waals surface area contributed by atoms with Gasteiger partial charge in [0.05, 0.1) is 11.4 Å². The van der Waals surface area contributed by atoms with Crippen LogP contribution in [0.3, 0.4) is 0 Å². The van der Waals surface area contributed by atoms with Gasteiger partial charge in [0.2, 0.25) is 11.1 Å². The lowest BCUT2D eigenvalue weighted by atomic mass is 10.3. The molecule has 7 heteroatoms. The molecule has 102 valence electrons. The van der Waals surface area contributed by atoms with Crippen LogP contribution >= 0.6 is 11.8 Å². The van der Waals surface area contributed by atoms with Crippen molar-refractivity contribution < 1.29 is 4.79 Å². The highest BCUT2D eigenvalue weighted by Gasteiger charge is 2.09. The first-order valence-electron chi connectivity index (χ1n) is 5.89. The van der Waals surface area contributed by atoms with E-state index in [1.807, 2.05) is 24.3 Å². The summed E-state index contributed by atoms with van der Waals surface area (Å²) in [4.78, 5) is 11.1. The van der Waals surface area contributed by atoms with Gasteiger partial charge in [-0.1, -0.05) is 23.7 Å². The summed E-state index contributed by atoms with van der Waals surface area (Å²) in [5, 5.41) is 15.0. The molecule has 1 N–H and O–H groups in total. The molecule has 0 saturated heterocycles. The minimum atomic E-state index is -0.119. The average Bonchev–Trinajstić information content (AvgIpc) is 2.87. The first-order chi connectivity index (χ1) is 9.70. The summed E-state index contributed by atoms with van der Waals surface area (Å²) in [7, 11) is 0. The van der Waals surface area contributed by atoms with Crippen molar-refractivity contribution in [2.45, 2.75) is 19.0 Å². The molecule has 1 aromatic carbocycles. The first-order valence-corrected chi connectivity index (χ1v) is 6.88. The van der Waals surface area contributed by atoms with E-state index in [1.54, 1.807) is 11.6 Å².